The molecule has 5 heteroatoms. The summed E-state index contributed by atoms with van der Waals surface area (Å²) in [7, 11) is 0. The molecule has 1 aliphatic heterocycles. The second kappa shape index (κ2) is 8.61. The van der Waals surface area contributed by atoms with E-state index in [0.29, 0.717) is 24.5 Å². The molecular weight excluding hydrogens is 366 g/mol. The Balaban J connectivity index is 1.29. The third-order valence-corrected chi connectivity index (χ3v) is 4.85. The van der Waals surface area contributed by atoms with Crippen molar-refractivity contribution in [3.8, 4) is 5.75 Å². The quantitative estimate of drug-likeness (QED) is 0.600. The normalized spacial score (nSPS) is 12.3. The van der Waals surface area contributed by atoms with Crippen LogP contribution in [0.2, 0.25) is 0 Å². The van der Waals surface area contributed by atoms with Crippen LogP contribution in [0.4, 0.5) is 5.69 Å². The van der Waals surface area contributed by atoms with Gasteiger partial charge in [0.05, 0.1) is 5.56 Å². The molecule has 5 nitrogen and oxygen atoms in total. The number of amides is 1. The first-order valence-electron chi connectivity index (χ1n) is 9.53. The van der Waals surface area contributed by atoms with E-state index >= 15 is 0 Å². The Labute approximate surface area is 169 Å². The minimum Gasteiger partial charge on any atom is -0.489 e. The van der Waals surface area contributed by atoms with Gasteiger partial charge in [0.1, 0.15) is 12.4 Å². The lowest BCUT2D eigenvalue weighted by molar-refractivity contribution is -0.121. The Bertz CT molecular complexity index is 999. The van der Waals surface area contributed by atoms with E-state index in [-0.39, 0.29) is 12.5 Å². The molecule has 0 N–H and O–H groups in total. The molecule has 0 unspecified atom stereocenters. The summed E-state index contributed by atoms with van der Waals surface area (Å²) in [6.45, 7) is 0.791. The van der Waals surface area contributed by atoms with Gasteiger partial charge in [0.25, 0.3) is 5.91 Å². The Morgan fingerprint density at radius 3 is 2.38 bits per heavy atom. The van der Waals surface area contributed by atoms with E-state index in [1.165, 1.54) is 0 Å². The summed E-state index contributed by atoms with van der Waals surface area (Å²) in [5.74, 6) is -0.0818. The third kappa shape index (κ3) is 4.46. The predicted molar refractivity (Wildman–Crippen MR) is 110 cm³/mol. The van der Waals surface area contributed by atoms with Crippen molar-refractivity contribution in [2.75, 3.05) is 18.1 Å². The monoisotopic (exact) mass is 387 g/mol. The molecule has 29 heavy (non-hydrogen) atoms. The minimum absolute atomic E-state index is 0.217. The molecule has 0 saturated heterocycles. The van der Waals surface area contributed by atoms with E-state index in [1.807, 2.05) is 54.6 Å². The van der Waals surface area contributed by atoms with Crippen LogP contribution in [0.1, 0.15) is 21.5 Å². The maximum Gasteiger partial charge on any atom is 0.338 e. The second-order valence-electron chi connectivity index (χ2n) is 6.80. The van der Waals surface area contributed by atoms with Gasteiger partial charge in [-0.15, -0.1) is 0 Å². The first-order valence-corrected chi connectivity index (χ1v) is 9.53. The van der Waals surface area contributed by atoms with Crippen LogP contribution in [-0.4, -0.2) is 25.0 Å². The summed E-state index contributed by atoms with van der Waals surface area (Å²) < 4.78 is 10.9. The first-order chi connectivity index (χ1) is 14.2. The average molecular weight is 387 g/mol. The molecule has 1 heterocycles. The van der Waals surface area contributed by atoms with Gasteiger partial charge in [-0.05, 0) is 47.9 Å². The van der Waals surface area contributed by atoms with Crippen LogP contribution < -0.4 is 9.64 Å². The Kier molecular flexibility index (Phi) is 5.56. The van der Waals surface area contributed by atoms with Gasteiger partial charge in [-0.3, -0.25) is 4.79 Å². The zero-order chi connectivity index (χ0) is 20.1. The fourth-order valence-corrected chi connectivity index (χ4v) is 3.31. The van der Waals surface area contributed by atoms with Gasteiger partial charge >= 0.3 is 5.97 Å². The van der Waals surface area contributed by atoms with Crippen LogP contribution >= 0.6 is 0 Å². The van der Waals surface area contributed by atoms with Crippen LogP contribution in [0, 0.1) is 0 Å². The predicted octanol–water partition coefficient (Wildman–Crippen LogP) is 4.01. The summed E-state index contributed by atoms with van der Waals surface area (Å²) in [4.78, 5) is 26.4. The lowest BCUT2D eigenvalue weighted by Gasteiger charge is -2.17. The highest BCUT2D eigenvalue weighted by Crippen LogP contribution is 2.27. The standard InChI is InChI=1S/C24H21NO4/c26-23(25-15-14-19-8-4-5-9-22(19)25)17-29-24(27)20-10-12-21(13-11-20)28-16-18-6-2-1-3-7-18/h1-13H,14-17H2. The summed E-state index contributed by atoms with van der Waals surface area (Å²) in [6.07, 6.45) is 0.820. The molecule has 3 aromatic carbocycles. The molecule has 0 fully saturated rings. The van der Waals surface area contributed by atoms with Crippen molar-refractivity contribution in [2.45, 2.75) is 13.0 Å². The van der Waals surface area contributed by atoms with Crippen LogP contribution in [-0.2, 0) is 22.6 Å². The van der Waals surface area contributed by atoms with Gasteiger partial charge in [0.2, 0.25) is 0 Å². The van der Waals surface area contributed by atoms with Crippen LogP contribution in [0.5, 0.6) is 5.75 Å². The zero-order valence-electron chi connectivity index (χ0n) is 15.9. The van der Waals surface area contributed by atoms with E-state index in [0.717, 1.165) is 23.2 Å². The van der Waals surface area contributed by atoms with Crippen LogP contribution in [0.25, 0.3) is 0 Å². The van der Waals surface area contributed by atoms with Gasteiger partial charge in [-0.25, -0.2) is 4.79 Å². The number of carbonyl (C=O) groups excluding carboxylic acids is 2. The van der Waals surface area contributed by atoms with E-state index in [1.54, 1.807) is 29.2 Å². The smallest absolute Gasteiger partial charge is 0.338 e. The maximum atomic E-state index is 12.4. The van der Waals surface area contributed by atoms with Gasteiger partial charge in [0, 0.05) is 12.2 Å². The maximum absolute atomic E-state index is 12.4. The van der Waals surface area contributed by atoms with Crippen molar-refractivity contribution in [3.63, 3.8) is 0 Å². The Morgan fingerprint density at radius 1 is 0.862 bits per heavy atom. The van der Waals surface area contributed by atoms with Crippen molar-refractivity contribution in [1.29, 1.82) is 0 Å². The molecule has 0 aromatic heterocycles. The molecule has 1 aliphatic rings. The summed E-state index contributed by atoms with van der Waals surface area (Å²) >= 11 is 0. The fraction of sp³-hybridized carbons (Fsp3) is 0.167. The Hall–Kier alpha value is -3.60. The molecule has 0 saturated carbocycles. The number of hydrogen-bond donors (Lipinski definition) is 0. The topological polar surface area (TPSA) is 55.8 Å². The van der Waals surface area contributed by atoms with Gasteiger partial charge < -0.3 is 14.4 Å². The number of rotatable bonds is 6. The number of para-hydroxylation sites is 1. The molecule has 0 bridgehead atoms. The summed E-state index contributed by atoms with van der Waals surface area (Å²) in [6, 6.07) is 24.3. The SMILES string of the molecule is O=C(OCC(=O)N1CCc2ccccc21)c1ccc(OCc2ccccc2)cc1. The van der Waals surface area contributed by atoms with Gasteiger partial charge in [0.15, 0.2) is 6.61 Å². The molecule has 0 atom stereocenters. The lowest BCUT2D eigenvalue weighted by atomic mass is 10.2. The number of anilines is 1. The highest BCUT2D eigenvalue weighted by molar-refractivity contribution is 5.98. The molecule has 3 aromatic rings. The number of hydrogen-bond acceptors (Lipinski definition) is 4. The molecule has 0 radical (unpaired) electrons. The minimum atomic E-state index is -0.527. The van der Waals surface area contributed by atoms with Crippen molar-refractivity contribution < 1.29 is 19.1 Å². The molecular formula is C24H21NO4. The highest BCUT2D eigenvalue weighted by Gasteiger charge is 2.25. The molecule has 146 valence electrons. The number of benzene rings is 3. The van der Waals surface area contributed by atoms with Crippen LogP contribution in [0.3, 0.4) is 0 Å². The average Bonchev–Trinajstić information content (AvgIpc) is 3.21. The van der Waals surface area contributed by atoms with Crippen LogP contribution in [0.15, 0.2) is 78.9 Å². The number of nitrogens with zero attached hydrogens (tertiary/aromatic N) is 1. The van der Waals surface area contributed by atoms with E-state index in [9.17, 15) is 9.59 Å². The van der Waals surface area contributed by atoms with Crippen molar-refractivity contribution in [3.05, 3.63) is 95.6 Å². The van der Waals surface area contributed by atoms with Gasteiger partial charge in [-0.2, -0.15) is 0 Å². The van der Waals surface area contributed by atoms with Crippen molar-refractivity contribution in [2.24, 2.45) is 0 Å². The molecule has 4 rings (SSSR count). The fourth-order valence-electron chi connectivity index (χ4n) is 3.31. The first kappa shape index (κ1) is 18.7. The van der Waals surface area contributed by atoms with E-state index < -0.39 is 5.97 Å². The van der Waals surface area contributed by atoms with Gasteiger partial charge in [-0.1, -0.05) is 48.5 Å². The molecule has 1 amide bonds. The number of esters is 1. The summed E-state index contributed by atoms with van der Waals surface area (Å²) in [5.41, 5.74) is 3.48. The number of carbonyl (C=O) groups is 2. The van der Waals surface area contributed by atoms with E-state index in [4.69, 9.17) is 9.47 Å². The number of fused-ring (bicyclic) bond motifs is 1. The summed E-state index contributed by atoms with van der Waals surface area (Å²) in [5, 5.41) is 0. The van der Waals surface area contributed by atoms with E-state index in [2.05, 4.69) is 0 Å². The molecule has 0 aliphatic carbocycles. The Morgan fingerprint density at radius 2 is 1.59 bits per heavy atom. The van der Waals surface area contributed by atoms with Crippen molar-refractivity contribution in [1.82, 2.24) is 0 Å². The van der Waals surface area contributed by atoms with Crippen molar-refractivity contribution >= 4 is 17.6 Å². The largest absolute Gasteiger partial charge is 0.489 e. The third-order valence-electron chi connectivity index (χ3n) is 4.85. The highest BCUT2D eigenvalue weighted by atomic mass is 16.5. The number of ether oxygens (including phenoxy) is 2. The molecule has 0 spiro atoms. The zero-order valence-corrected chi connectivity index (χ0v) is 15.9. The second-order valence-corrected chi connectivity index (χ2v) is 6.80. The lowest BCUT2D eigenvalue weighted by Crippen LogP contribution is -2.33.